The summed E-state index contributed by atoms with van der Waals surface area (Å²) >= 11 is 0. The predicted octanol–water partition coefficient (Wildman–Crippen LogP) is 2.80. The number of nitro groups is 1. The van der Waals surface area contributed by atoms with Gasteiger partial charge in [0, 0.05) is 4.92 Å². The molecule has 0 heterocycles. The molecule has 0 saturated heterocycles. The molecule has 2 aromatic rings. The van der Waals surface area contributed by atoms with Gasteiger partial charge in [0.25, 0.3) is 0 Å². The molecule has 0 aliphatic heterocycles. The van der Waals surface area contributed by atoms with E-state index in [9.17, 15) is 14.3 Å². The van der Waals surface area contributed by atoms with Crippen LogP contribution in [0.15, 0.2) is 59.5 Å². The topological polar surface area (TPSA) is 72.2 Å². The summed E-state index contributed by atoms with van der Waals surface area (Å²) in [5.41, 5.74) is 0.782. The molecule has 116 valence electrons. The van der Waals surface area contributed by atoms with Crippen molar-refractivity contribution in [3.63, 3.8) is 0 Å². The molecule has 22 heavy (non-hydrogen) atoms. The van der Waals surface area contributed by atoms with Crippen LogP contribution in [0.1, 0.15) is 18.1 Å². The fourth-order valence-electron chi connectivity index (χ4n) is 2.17. The van der Waals surface area contributed by atoms with Crippen LogP contribution < -0.4 is 4.72 Å². The van der Waals surface area contributed by atoms with E-state index in [0.29, 0.717) is 4.90 Å². The second-order valence-corrected chi connectivity index (χ2v) is 6.59. The molecular weight excluding hydrogens is 300 g/mol. The van der Waals surface area contributed by atoms with Gasteiger partial charge in [-0.3, -0.25) is 10.1 Å². The maximum absolute atomic E-state index is 12.5. The van der Waals surface area contributed by atoms with Crippen molar-refractivity contribution in [1.29, 1.82) is 0 Å². The SMILES string of the molecule is Cc1ccc([S@](=O)N[C@](C)(C[N+](=O)[O-])c2ccccc2)cc1. The predicted molar refractivity (Wildman–Crippen MR) is 86.4 cm³/mol. The molecule has 6 heteroatoms. The van der Waals surface area contributed by atoms with Crippen LogP contribution >= 0.6 is 0 Å². The highest BCUT2D eigenvalue weighted by molar-refractivity contribution is 7.83. The number of rotatable bonds is 6. The lowest BCUT2D eigenvalue weighted by Gasteiger charge is -2.26. The van der Waals surface area contributed by atoms with Crippen molar-refractivity contribution in [3.8, 4) is 0 Å². The molecular formula is C16H18N2O3S. The largest absolute Gasteiger partial charge is 0.264 e. The minimum atomic E-state index is -1.53. The van der Waals surface area contributed by atoms with E-state index in [1.54, 1.807) is 31.2 Å². The molecule has 5 nitrogen and oxygen atoms in total. The Hall–Kier alpha value is -2.05. The van der Waals surface area contributed by atoms with E-state index >= 15 is 0 Å². The van der Waals surface area contributed by atoms with Crippen LogP contribution in [0.5, 0.6) is 0 Å². The summed E-state index contributed by atoms with van der Waals surface area (Å²) in [6.45, 7) is 3.28. The number of hydrogen-bond acceptors (Lipinski definition) is 3. The van der Waals surface area contributed by atoms with Crippen molar-refractivity contribution >= 4 is 11.0 Å². The van der Waals surface area contributed by atoms with Gasteiger partial charge in [0.05, 0.1) is 4.90 Å². The zero-order valence-corrected chi connectivity index (χ0v) is 13.3. The average Bonchev–Trinajstić information content (AvgIpc) is 2.48. The van der Waals surface area contributed by atoms with Crippen LogP contribution in [-0.2, 0) is 16.5 Å². The van der Waals surface area contributed by atoms with Crippen molar-refractivity contribution < 1.29 is 9.13 Å². The van der Waals surface area contributed by atoms with Crippen LogP contribution in [0, 0.1) is 17.0 Å². The van der Waals surface area contributed by atoms with Gasteiger partial charge in [-0.05, 0) is 31.5 Å². The van der Waals surface area contributed by atoms with Crippen molar-refractivity contribution in [2.24, 2.45) is 0 Å². The molecule has 2 atom stereocenters. The summed E-state index contributed by atoms with van der Waals surface area (Å²) in [6, 6.07) is 16.3. The second-order valence-electron chi connectivity index (χ2n) is 5.37. The van der Waals surface area contributed by atoms with E-state index in [-0.39, 0.29) is 6.54 Å². The summed E-state index contributed by atoms with van der Waals surface area (Å²) in [4.78, 5) is 11.2. The number of hydrogen-bond donors (Lipinski definition) is 1. The first kappa shape index (κ1) is 16.3. The molecule has 2 rings (SSSR count). The molecule has 1 N–H and O–H groups in total. The van der Waals surface area contributed by atoms with E-state index in [0.717, 1.165) is 11.1 Å². The molecule has 0 aliphatic carbocycles. The van der Waals surface area contributed by atoms with Crippen molar-refractivity contribution in [3.05, 3.63) is 75.8 Å². The van der Waals surface area contributed by atoms with Gasteiger partial charge in [-0.1, -0.05) is 48.0 Å². The van der Waals surface area contributed by atoms with E-state index in [1.165, 1.54) is 0 Å². The zero-order valence-electron chi connectivity index (χ0n) is 12.5. The van der Waals surface area contributed by atoms with Crippen molar-refractivity contribution in [2.75, 3.05) is 6.54 Å². The lowest BCUT2D eigenvalue weighted by atomic mass is 9.93. The molecule has 2 aromatic carbocycles. The highest BCUT2D eigenvalue weighted by atomic mass is 32.2. The van der Waals surface area contributed by atoms with Crippen LogP contribution in [0.3, 0.4) is 0 Å². The molecule has 0 bridgehead atoms. The van der Waals surface area contributed by atoms with Gasteiger partial charge in [-0.15, -0.1) is 0 Å². The van der Waals surface area contributed by atoms with E-state index in [2.05, 4.69) is 4.72 Å². The fourth-order valence-corrected chi connectivity index (χ4v) is 3.26. The minimum absolute atomic E-state index is 0.353. The third-order valence-corrected chi connectivity index (χ3v) is 4.75. The van der Waals surface area contributed by atoms with Gasteiger partial charge >= 0.3 is 0 Å². The average molecular weight is 318 g/mol. The van der Waals surface area contributed by atoms with Gasteiger partial charge in [-0.25, -0.2) is 8.93 Å². The lowest BCUT2D eigenvalue weighted by molar-refractivity contribution is -0.490. The summed E-state index contributed by atoms with van der Waals surface area (Å²) < 4.78 is 15.4. The molecule has 0 amide bonds. The normalized spacial score (nSPS) is 15.0. The first-order valence-electron chi connectivity index (χ1n) is 6.84. The molecule has 0 saturated carbocycles. The van der Waals surface area contributed by atoms with Gasteiger partial charge < -0.3 is 0 Å². The Bertz CT molecular complexity index is 674. The second kappa shape index (κ2) is 6.81. The molecule has 0 unspecified atom stereocenters. The Morgan fingerprint density at radius 2 is 1.73 bits per heavy atom. The molecule has 0 fully saturated rings. The monoisotopic (exact) mass is 318 g/mol. The van der Waals surface area contributed by atoms with Crippen molar-refractivity contribution in [2.45, 2.75) is 24.3 Å². The maximum Gasteiger partial charge on any atom is 0.226 e. The Morgan fingerprint density at radius 1 is 1.14 bits per heavy atom. The molecule has 0 aliphatic rings. The quantitative estimate of drug-likeness (QED) is 0.657. The van der Waals surface area contributed by atoms with Gasteiger partial charge in [0.15, 0.2) is 0 Å². The van der Waals surface area contributed by atoms with Gasteiger partial charge in [0.1, 0.15) is 16.5 Å². The van der Waals surface area contributed by atoms with Gasteiger partial charge in [-0.2, -0.15) is 0 Å². The van der Waals surface area contributed by atoms with Crippen LogP contribution in [0.4, 0.5) is 0 Å². The zero-order chi connectivity index (χ0) is 16.2. The summed E-state index contributed by atoms with van der Waals surface area (Å²) in [6.07, 6.45) is 0. The minimum Gasteiger partial charge on any atom is -0.264 e. The van der Waals surface area contributed by atoms with Crippen LogP contribution in [-0.4, -0.2) is 15.7 Å². The molecule has 0 spiro atoms. The van der Waals surface area contributed by atoms with Crippen molar-refractivity contribution in [1.82, 2.24) is 4.72 Å². The summed E-state index contributed by atoms with van der Waals surface area (Å²) in [5.74, 6) is 0. The van der Waals surface area contributed by atoms with Crippen LogP contribution in [0.2, 0.25) is 0 Å². The number of benzene rings is 2. The molecule has 0 radical (unpaired) electrons. The summed E-state index contributed by atoms with van der Waals surface area (Å²) in [5, 5.41) is 11.0. The first-order valence-corrected chi connectivity index (χ1v) is 7.99. The Morgan fingerprint density at radius 3 is 2.27 bits per heavy atom. The Balaban J connectivity index is 2.29. The first-order chi connectivity index (χ1) is 10.4. The third-order valence-electron chi connectivity index (χ3n) is 3.41. The van der Waals surface area contributed by atoms with E-state index < -0.39 is 21.4 Å². The Labute approximate surface area is 132 Å². The number of nitrogens with one attached hydrogen (secondary N) is 1. The van der Waals surface area contributed by atoms with Gasteiger partial charge in [0.2, 0.25) is 6.54 Å². The smallest absolute Gasteiger partial charge is 0.226 e. The fraction of sp³-hybridized carbons (Fsp3) is 0.250. The highest BCUT2D eigenvalue weighted by Gasteiger charge is 2.34. The van der Waals surface area contributed by atoms with Crippen LogP contribution in [0.25, 0.3) is 0 Å². The summed E-state index contributed by atoms with van der Waals surface area (Å²) in [7, 11) is -1.53. The highest BCUT2D eigenvalue weighted by Crippen LogP contribution is 2.23. The van der Waals surface area contributed by atoms with E-state index in [1.807, 2.05) is 37.3 Å². The lowest BCUT2D eigenvalue weighted by Crippen LogP contribution is -2.46. The molecule has 0 aromatic heterocycles. The standard InChI is InChI=1S/C16H18N2O3S/c1-13-8-10-15(11-9-13)22(21)17-16(2,12-18(19)20)14-6-4-3-5-7-14/h3-11,17H,12H2,1-2H3/t16-,22+/m1/s1. The Kier molecular flexibility index (Phi) is 5.05. The number of nitrogens with zero attached hydrogens (tertiary/aromatic N) is 1. The number of aryl methyl sites for hydroxylation is 1. The maximum atomic E-state index is 12.5. The third kappa shape index (κ3) is 3.99. The van der Waals surface area contributed by atoms with E-state index in [4.69, 9.17) is 0 Å².